The summed E-state index contributed by atoms with van der Waals surface area (Å²) in [4.78, 5) is 0. The van der Waals surface area contributed by atoms with E-state index in [9.17, 15) is 10.2 Å². The molecule has 0 spiro atoms. The van der Waals surface area contributed by atoms with Crippen LogP contribution in [0.5, 0.6) is 5.75 Å². The third kappa shape index (κ3) is 4.60. The Labute approximate surface area is 132 Å². The highest BCUT2D eigenvalue weighted by molar-refractivity contribution is 6.30. The van der Waals surface area contributed by atoms with Gasteiger partial charge in [0.15, 0.2) is 0 Å². The summed E-state index contributed by atoms with van der Waals surface area (Å²) < 4.78 is 5.61. The molecule has 0 aromatic heterocycles. The maximum atomic E-state index is 9.98. The second kappa shape index (κ2) is 8.02. The number of methoxy groups -OCH3 is 1. The molecule has 0 amide bonds. The minimum atomic E-state index is -0.749. The van der Waals surface area contributed by atoms with Gasteiger partial charge in [-0.2, -0.15) is 0 Å². The highest BCUT2D eigenvalue weighted by Crippen LogP contribution is 2.40. The fraction of sp³-hybridized carbons (Fsp3) is 0.647. The van der Waals surface area contributed by atoms with Gasteiger partial charge in [0.25, 0.3) is 0 Å². The smallest absolute Gasteiger partial charge is 0.125 e. The van der Waals surface area contributed by atoms with Crippen molar-refractivity contribution >= 4 is 11.6 Å². The van der Waals surface area contributed by atoms with E-state index in [1.807, 2.05) is 12.1 Å². The highest BCUT2D eigenvalue weighted by atomic mass is 35.5. The van der Waals surface area contributed by atoms with Gasteiger partial charge in [-0.15, -0.1) is 0 Å². The van der Waals surface area contributed by atoms with Crippen LogP contribution in [0.3, 0.4) is 0 Å². The number of halogens is 1. The molecule has 0 radical (unpaired) electrons. The van der Waals surface area contributed by atoms with E-state index in [1.165, 1.54) is 0 Å². The third-order valence-electron chi connectivity index (χ3n) is 3.95. The van der Waals surface area contributed by atoms with Gasteiger partial charge < -0.3 is 14.9 Å². The van der Waals surface area contributed by atoms with Crippen LogP contribution in [0.2, 0.25) is 5.02 Å². The Hall–Kier alpha value is -0.770. The monoisotopic (exact) mass is 314 g/mol. The van der Waals surface area contributed by atoms with E-state index in [4.69, 9.17) is 16.3 Å². The Kier molecular flexibility index (Phi) is 6.98. The van der Waals surface area contributed by atoms with Crippen molar-refractivity contribution in [2.24, 2.45) is 0 Å². The molecule has 0 bridgehead atoms. The molecular weight excluding hydrogens is 288 g/mol. The van der Waals surface area contributed by atoms with Crippen LogP contribution in [0.4, 0.5) is 0 Å². The number of aliphatic hydroxyl groups is 2. The average Bonchev–Trinajstić information content (AvgIpc) is 2.43. The number of rotatable bonds is 7. The molecule has 0 aliphatic heterocycles. The zero-order chi connectivity index (χ0) is 16.2. The van der Waals surface area contributed by atoms with Crippen LogP contribution in [0.25, 0.3) is 0 Å². The van der Waals surface area contributed by atoms with Gasteiger partial charge in [0.1, 0.15) is 5.75 Å². The van der Waals surface area contributed by atoms with Crippen LogP contribution in [-0.2, 0) is 0 Å². The summed E-state index contributed by atoms with van der Waals surface area (Å²) in [6.45, 7) is 7.87. The summed E-state index contributed by atoms with van der Waals surface area (Å²) in [7, 11) is 1.66. The zero-order valence-corrected chi connectivity index (χ0v) is 14.3. The minimum Gasteiger partial charge on any atom is -0.496 e. The molecule has 0 aliphatic rings. The van der Waals surface area contributed by atoms with E-state index in [-0.39, 0.29) is 5.92 Å². The number of hydrogen-bond acceptors (Lipinski definition) is 3. The van der Waals surface area contributed by atoms with Gasteiger partial charge in [-0.1, -0.05) is 32.4 Å². The third-order valence-corrected chi connectivity index (χ3v) is 4.17. The standard InChI is InChI=1S/C17H27ClO3/c1-6-12(7-16(20)11(4)19)15-9-13(18)8-14(10(2)3)17(15)21-5/h8-12,16,19-20H,6-7H2,1-5H3. The van der Waals surface area contributed by atoms with Gasteiger partial charge in [-0.05, 0) is 54.9 Å². The van der Waals surface area contributed by atoms with Crippen LogP contribution >= 0.6 is 11.6 Å². The molecule has 4 heteroatoms. The molecule has 3 nitrogen and oxygen atoms in total. The lowest BCUT2D eigenvalue weighted by Gasteiger charge is -2.25. The van der Waals surface area contributed by atoms with Crippen molar-refractivity contribution in [1.29, 1.82) is 0 Å². The van der Waals surface area contributed by atoms with E-state index in [0.29, 0.717) is 17.4 Å². The first-order valence-electron chi connectivity index (χ1n) is 7.55. The maximum absolute atomic E-state index is 9.98. The van der Waals surface area contributed by atoms with Crippen molar-refractivity contribution in [1.82, 2.24) is 0 Å². The molecule has 2 N–H and O–H groups in total. The molecule has 0 aliphatic carbocycles. The molecule has 3 unspecified atom stereocenters. The SMILES string of the molecule is CCC(CC(O)C(C)O)c1cc(Cl)cc(C(C)C)c1OC. The first kappa shape index (κ1) is 18.3. The minimum absolute atomic E-state index is 0.0979. The van der Waals surface area contributed by atoms with Crippen molar-refractivity contribution < 1.29 is 14.9 Å². The quantitative estimate of drug-likeness (QED) is 0.796. The van der Waals surface area contributed by atoms with E-state index in [2.05, 4.69) is 20.8 Å². The topological polar surface area (TPSA) is 49.7 Å². The van der Waals surface area contributed by atoms with Gasteiger partial charge in [-0.25, -0.2) is 0 Å². The summed E-state index contributed by atoms with van der Waals surface area (Å²) in [6.07, 6.45) is -0.157. The Bertz CT molecular complexity index is 458. The first-order chi connectivity index (χ1) is 9.81. The molecule has 1 aromatic rings. The predicted octanol–water partition coefficient (Wildman–Crippen LogP) is 4.10. The van der Waals surface area contributed by atoms with Crippen molar-refractivity contribution in [2.45, 2.75) is 64.6 Å². The number of ether oxygens (including phenoxy) is 1. The van der Waals surface area contributed by atoms with Crippen molar-refractivity contribution in [3.63, 3.8) is 0 Å². The fourth-order valence-corrected chi connectivity index (χ4v) is 2.84. The van der Waals surface area contributed by atoms with Crippen LogP contribution in [-0.4, -0.2) is 29.5 Å². The Morgan fingerprint density at radius 2 is 1.71 bits per heavy atom. The van der Waals surface area contributed by atoms with E-state index < -0.39 is 12.2 Å². The highest BCUT2D eigenvalue weighted by Gasteiger charge is 2.24. The second-order valence-electron chi connectivity index (χ2n) is 5.92. The summed E-state index contributed by atoms with van der Waals surface area (Å²) in [5.74, 6) is 1.25. The second-order valence-corrected chi connectivity index (χ2v) is 6.36. The molecule has 3 atom stereocenters. The largest absolute Gasteiger partial charge is 0.496 e. The van der Waals surface area contributed by atoms with Crippen molar-refractivity contribution in [3.05, 3.63) is 28.3 Å². The Balaban J connectivity index is 3.25. The van der Waals surface area contributed by atoms with Gasteiger partial charge in [0.2, 0.25) is 0 Å². The number of hydrogen-bond donors (Lipinski definition) is 2. The molecule has 0 fully saturated rings. The summed E-state index contributed by atoms with van der Waals surface area (Å²) in [5.41, 5.74) is 2.08. The molecule has 1 aromatic carbocycles. The lowest BCUT2D eigenvalue weighted by atomic mass is 9.86. The van der Waals surface area contributed by atoms with Gasteiger partial charge in [0.05, 0.1) is 19.3 Å². The van der Waals surface area contributed by atoms with Gasteiger partial charge in [-0.3, -0.25) is 0 Å². The summed E-state index contributed by atoms with van der Waals surface area (Å²) in [6, 6.07) is 3.85. The molecule has 21 heavy (non-hydrogen) atoms. The molecule has 0 saturated carbocycles. The number of aliphatic hydroxyl groups excluding tert-OH is 2. The number of benzene rings is 1. The van der Waals surface area contributed by atoms with Crippen molar-refractivity contribution in [2.75, 3.05) is 7.11 Å². The molecule has 0 heterocycles. The summed E-state index contributed by atoms with van der Waals surface area (Å²) >= 11 is 6.26. The van der Waals surface area contributed by atoms with Crippen LogP contribution < -0.4 is 4.74 Å². The molecule has 120 valence electrons. The van der Waals surface area contributed by atoms with Crippen LogP contribution in [0.15, 0.2) is 12.1 Å². The van der Waals surface area contributed by atoms with Crippen LogP contribution in [0, 0.1) is 0 Å². The average molecular weight is 315 g/mol. The normalized spacial score (nSPS) is 15.9. The molecular formula is C17H27ClO3. The Morgan fingerprint density at radius 3 is 2.14 bits per heavy atom. The van der Waals surface area contributed by atoms with Gasteiger partial charge in [0, 0.05) is 5.02 Å². The Morgan fingerprint density at radius 1 is 1.14 bits per heavy atom. The first-order valence-corrected chi connectivity index (χ1v) is 7.93. The zero-order valence-electron chi connectivity index (χ0n) is 13.6. The van der Waals surface area contributed by atoms with Crippen molar-refractivity contribution in [3.8, 4) is 5.75 Å². The lowest BCUT2D eigenvalue weighted by molar-refractivity contribution is 0.0214. The maximum Gasteiger partial charge on any atom is 0.125 e. The molecule has 1 rings (SSSR count). The molecule has 0 saturated heterocycles. The van der Waals surface area contributed by atoms with E-state index in [1.54, 1.807) is 14.0 Å². The van der Waals surface area contributed by atoms with E-state index in [0.717, 1.165) is 23.3 Å². The van der Waals surface area contributed by atoms with Crippen LogP contribution in [0.1, 0.15) is 63.5 Å². The van der Waals surface area contributed by atoms with Gasteiger partial charge >= 0.3 is 0 Å². The lowest BCUT2D eigenvalue weighted by Crippen LogP contribution is -2.25. The van der Waals surface area contributed by atoms with E-state index >= 15 is 0 Å². The summed E-state index contributed by atoms with van der Waals surface area (Å²) in [5, 5.41) is 20.2. The fourth-order valence-electron chi connectivity index (χ4n) is 2.61. The predicted molar refractivity (Wildman–Crippen MR) is 87.4 cm³/mol.